The van der Waals surface area contributed by atoms with Gasteiger partial charge in [0.2, 0.25) is 0 Å². The van der Waals surface area contributed by atoms with Gasteiger partial charge in [0, 0.05) is 11.9 Å². The molecular weight excluding hydrogens is 358 g/mol. The highest BCUT2D eigenvalue weighted by Crippen LogP contribution is 2.16. The first kappa shape index (κ1) is 18.5. The van der Waals surface area contributed by atoms with Crippen molar-refractivity contribution in [3.05, 3.63) is 91.0 Å². The highest BCUT2D eigenvalue weighted by atomic mass is 35.5. The molecule has 0 aliphatic heterocycles. The summed E-state index contributed by atoms with van der Waals surface area (Å²) in [5, 5.41) is 2.04. The monoisotopic (exact) mass is 375 g/mol. The molecule has 0 aliphatic carbocycles. The first-order valence-electron chi connectivity index (χ1n) is 8.46. The fraction of sp³-hybridized carbons (Fsp3) is 0.0455. The molecule has 3 rings (SSSR count). The summed E-state index contributed by atoms with van der Waals surface area (Å²) in [6.07, 6.45) is 1.52. The van der Waals surface area contributed by atoms with Crippen LogP contribution in [-0.2, 0) is 4.79 Å². The van der Waals surface area contributed by atoms with E-state index in [1.54, 1.807) is 12.1 Å². The molecule has 0 spiro atoms. The van der Waals surface area contributed by atoms with E-state index in [2.05, 4.69) is 15.3 Å². The summed E-state index contributed by atoms with van der Waals surface area (Å²) < 4.78 is 0. The number of carbonyl (C=O) groups is 1. The minimum Gasteiger partial charge on any atom is -0.321 e. The summed E-state index contributed by atoms with van der Waals surface area (Å²) in [4.78, 5) is 21.6. The van der Waals surface area contributed by atoms with Crippen molar-refractivity contribution in [2.45, 2.75) is 5.38 Å². The molecule has 1 N–H and O–H groups in total. The van der Waals surface area contributed by atoms with Crippen LogP contribution in [0, 0.1) is 0 Å². The second-order valence-electron chi connectivity index (χ2n) is 5.67. The Morgan fingerprint density at radius 3 is 1.93 bits per heavy atom. The van der Waals surface area contributed by atoms with Crippen LogP contribution in [0.5, 0.6) is 0 Å². The number of hydrogen-bond acceptors (Lipinski definition) is 3. The van der Waals surface area contributed by atoms with Crippen LogP contribution in [0.4, 0.5) is 17.1 Å². The van der Waals surface area contributed by atoms with E-state index >= 15 is 0 Å². The topological polar surface area (TPSA) is 53.8 Å². The van der Waals surface area contributed by atoms with Gasteiger partial charge in [-0.05, 0) is 36.4 Å². The van der Waals surface area contributed by atoms with E-state index in [-0.39, 0.29) is 11.6 Å². The van der Waals surface area contributed by atoms with Crippen molar-refractivity contribution in [1.29, 1.82) is 0 Å². The van der Waals surface area contributed by atoms with Gasteiger partial charge in [0.1, 0.15) is 11.1 Å². The number of amides is 1. The van der Waals surface area contributed by atoms with Crippen LogP contribution in [0.2, 0.25) is 0 Å². The molecule has 0 aliphatic rings. The highest BCUT2D eigenvalue weighted by Gasteiger charge is 2.20. The van der Waals surface area contributed by atoms with E-state index in [0.29, 0.717) is 11.4 Å². The number of carbonyl (C=O) groups excluding carboxylic acids is 1. The van der Waals surface area contributed by atoms with Gasteiger partial charge >= 0.3 is 0 Å². The number of para-hydroxylation sites is 3. The quantitative estimate of drug-likeness (QED) is 0.454. The number of anilines is 1. The molecule has 4 nitrogen and oxygen atoms in total. The highest BCUT2D eigenvalue weighted by molar-refractivity contribution is 6.58. The SMILES string of the molecule is O=C(Nc1ccccc1)C(=Nc1ccccc1)C(Cl)C=Nc1ccccc1. The van der Waals surface area contributed by atoms with Gasteiger partial charge in [-0.2, -0.15) is 0 Å². The summed E-state index contributed by atoms with van der Waals surface area (Å²) in [5.74, 6) is -0.371. The van der Waals surface area contributed by atoms with Crippen LogP contribution in [0.25, 0.3) is 0 Å². The van der Waals surface area contributed by atoms with E-state index < -0.39 is 5.38 Å². The lowest BCUT2D eigenvalue weighted by atomic mass is 10.2. The Morgan fingerprint density at radius 2 is 1.33 bits per heavy atom. The molecule has 0 saturated heterocycles. The van der Waals surface area contributed by atoms with Crippen molar-refractivity contribution in [2.24, 2.45) is 9.98 Å². The first-order chi connectivity index (χ1) is 13.2. The molecule has 0 radical (unpaired) electrons. The molecule has 1 amide bonds. The van der Waals surface area contributed by atoms with Crippen molar-refractivity contribution in [1.82, 2.24) is 0 Å². The summed E-state index contributed by atoms with van der Waals surface area (Å²) >= 11 is 6.47. The van der Waals surface area contributed by atoms with Crippen LogP contribution >= 0.6 is 11.6 Å². The molecule has 3 aromatic carbocycles. The smallest absolute Gasteiger partial charge is 0.272 e. The van der Waals surface area contributed by atoms with E-state index in [0.717, 1.165) is 5.69 Å². The number of nitrogens with one attached hydrogen (secondary N) is 1. The minimum absolute atomic E-state index is 0.173. The maximum atomic E-state index is 12.8. The Bertz CT molecular complexity index is 926. The Kier molecular flexibility index (Phi) is 6.50. The fourth-order valence-corrected chi connectivity index (χ4v) is 2.54. The number of hydrogen-bond donors (Lipinski definition) is 1. The normalized spacial score (nSPS) is 12.7. The van der Waals surface area contributed by atoms with Gasteiger partial charge in [-0.25, -0.2) is 4.99 Å². The lowest BCUT2D eigenvalue weighted by Gasteiger charge is -2.10. The van der Waals surface area contributed by atoms with E-state index in [1.165, 1.54) is 6.21 Å². The molecule has 1 unspecified atom stereocenters. The van der Waals surface area contributed by atoms with Crippen molar-refractivity contribution in [3.63, 3.8) is 0 Å². The zero-order chi connectivity index (χ0) is 18.9. The molecule has 0 bridgehead atoms. The molecule has 1 atom stereocenters. The van der Waals surface area contributed by atoms with Gasteiger partial charge in [0.25, 0.3) is 5.91 Å². The van der Waals surface area contributed by atoms with Gasteiger partial charge in [-0.3, -0.25) is 9.79 Å². The average molecular weight is 376 g/mol. The first-order valence-corrected chi connectivity index (χ1v) is 8.89. The van der Waals surface area contributed by atoms with Crippen LogP contribution in [-0.4, -0.2) is 23.2 Å². The third-order valence-corrected chi connectivity index (χ3v) is 3.96. The third-order valence-electron chi connectivity index (χ3n) is 3.64. The van der Waals surface area contributed by atoms with E-state index in [1.807, 2.05) is 78.9 Å². The van der Waals surface area contributed by atoms with Crippen molar-refractivity contribution < 1.29 is 4.79 Å². The molecular formula is C22H18ClN3O. The summed E-state index contributed by atoms with van der Waals surface area (Å²) in [5.41, 5.74) is 2.25. The van der Waals surface area contributed by atoms with Gasteiger partial charge in [-0.1, -0.05) is 54.6 Å². The molecule has 0 heterocycles. The van der Waals surface area contributed by atoms with Gasteiger partial charge < -0.3 is 5.32 Å². The number of halogens is 1. The largest absolute Gasteiger partial charge is 0.321 e. The minimum atomic E-state index is -0.783. The van der Waals surface area contributed by atoms with Gasteiger partial charge in [0.15, 0.2) is 0 Å². The maximum absolute atomic E-state index is 12.8. The van der Waals surface area contributed by atoms with Crippen LogP contribution in [0.15, 0.2) is 101 Å². The van der Waals surface area contributed by atoms with Gasteiger partial charge in [-0.15, -0.1) is 11.6 Å². The molecule has 0 aromatic heterocycles. The van der Waals surface area contributed by atoms with Crippen molar-refractivity contribution in [3.8, 4) is 0 Å². The predicted molar refractivity (Wildman–Crippen MR) is 113 cm³/mol. The molecule has 27 heavy (non-hydrogen) atoms. The van der Waals surface area contributed by atoms with Crippen LogP contribution in [0.3, 0.4) is 0 Å². The number of benzene rings is 3. The van der Waals surface area contributed by atoms with Crippen LogP contribution in [0.1, 0.15) is 0 Å². The predicted octanol–water partition coefficient (Wildman–Crippen LogP) is 5.41. The number of alkyl halides is 1. The Morgan fingerprint density at radius 1 is 0.815 bits per heavy atom. The van der Waals surface area contributed by atoms with Crippen molar-refractivity contribution in [2.75, 3.05) is 5.32 Å². The summed E-state index contributed by atoms with van der Waals surface area (Å²) in [6.45, 7) is 0. The van der Waals surface area contributed by atoms with Crippen molar-refractivity contribution >= 4 is 46.5 Å². The van der Waals surface area contributed by atoms with E-state index in [4.69, 9.17) is 11.6 Å². The molecule has 3 aromatic rings. The lowest BCUT2D eigenvalue weighted by Crippen LogP contribution is -2.31. The molecule has 5 heteroatoms. The zero-order valence-electron chi connectivity index (χ0n) is 14.5. The Labute approximate surface area is 163 Å². The molecule has 134 valence electrons. The molecule has 0 fully saturated rings. The summed E-state index contributed by atoms with van der Waals surface area (Å²) in [7, 11) is 0. The summed E-state index contributed by atoms with van der Waals surface area (Å²) in [6, 6.07) is 27.8. The maximum Gasteiger partial charge on any atom is 0.272 e. The van der Waals surface area contributed by atoms with E-state index in [9.17, 15) is 4.79 Å². The molecule has 0 saturated carbocycles. The Balaban J connectivity index is 1.86. The van der Waals surface area contributed by atoms with Gasteiger partial charge in [0.05, 0.1) is 11.4 Å². The Hall–Kier alpha value is -3.24. The number of aliphatic imine (C=N–C) groups is 2. The van der Waals surface area contributed by atoms with Crippen LogP contribution < -0.4 is 5.32 Å². The zero-order valence-corrected chi connectivity index (χ0v) is 15.3. The number of nitrogens with zero attached hydrogens (tertiary/aromatic N) is 2. The third kappa shape index (κ3) is 5.62. The standard InChI is InChI=1S/C22H18ClN3O/c23-20(16-24-17-10-4-1-5-11-17)21(25-18-12-6-2-7-13-18)22(27)26-19-14-8-3-9-15-19/h1-16,20H,(H,26,27). The number of rotatable bonds is 6. The second-order valence-corrected chi connectivity index (χ2v) is 6.14. The fourth-order valence-electron chi connectivity index (χ4n) is 2.33. The lowest BCUT2D eigenvalue weighted by molar-refractivity contribution is -0.110. The average Bonchev–Trinajstić information content (AvgIpc) is 2.72. The second kappa shape index (κ2) is 9.46.